The molecular weight excluding hydrogens is 313 g/mol. The lowest BCUT2D eigenvalue weighted by atomic mass is 14.0. The fourth-order valence-electron chi connectivity index (χ4n) is 0.0179. The molecular formula is H3I2N2P. The predicted molar refractivity (Wildman–Crippen MR) is 42.2 cm³/mol. The minimum atomic E-state index is -0.392. The summed E-state index contributed by atoms with van der Waals surface area (Å²) in [6.45, 7) is 0. The van der Waals surface area contributed by atoms with Gasteiger partial charge in [-0.15, -0.1) is 0 Å². The maximum absolute atomic E-state index is 6.60. The van der Waals surface area contributed by atoms with Gasteiger partial charge in [-0.3, -0.25) is 3.56 Å². The van der Waals surface area contributed by atoms with Crippen molar-refractivity contribution in [3.63, 3.8) is 0 Å². The van der Waals surface area contributed by atoms with Crippen LogP contribution in [0.15, 0.2) is 0 Å². The molecule has 0 saturated heterocycles. The molecule has 2 nitrogen and oxygen atoms in total. The van der Waals surface area contributed by atoms with E-state index in [4.69, 9.17) is 3.56 Å². The molecule has 0 radical (unpaired) electrons. The molecule has 0 fully saturated rings. The Morgan fingerprint density at radius 3 is 2.40 bits per heavy atom. The molecule has 0 aromatic carbocycles. The van der Waals surface area contributed by atoms with Gasteiger partial charge in [0, 0.05) is 0 Å². The third-order valence-electron chi connectivity index (χ3n) is 0.0714. The molecule has 0 atom stereocenters. The van der Waals surface area contributed by atoms with E-state index in [2.05, 4.69) is 8.16 Å². The first-order chi connectivity index (χ1) is 2.41. The minimum Gasteiger partial charge on any atom is -0.264 e. The maximum atomic E-state index is 6.60. The number of nitrogens with one attached hydrogen (secondary N) is 2. The van der Waals surface area contributed by atoms with Gasteiger partial charge < -0.3 is 0 Å². The average molecular weight is 316 g/mol. The molecule has 5 heteroatoms. The molecule has 5 heavy (non-hydrogen) atoms. The third-order valence-corrected chi connectivity index (χ3v) is 6.43. The number of halogens is 2. The van der Waals surface area contributed by atoms with Gasteiger partial charge in [0.05, 0.1) is 21.3 Å². The average Bonchev–Trinajstić information content (AvgIpc) is 1.41. The van der Waals surface area contributed by atoms with Crippen LogP contribution in [0.2, 0.25) is 0 Å². The van der Waals surface area contributed by atoms with Gasteiger partial charge in [0.15, 0.2) is 0 Å². The lowest BCUT2D eigenvalue weighted by Gasteiger charge is -1.66. The smallest absolute Gasteiger partial charge is 0.0848 e. The van der Waals surface area contributed by atoms with Crippen molar-refractivity contribution < 1.29 is 0 Å². The SMILES string of the molecule is N=INI=P. The van der Waals surface area contributed by atoms with Crippen LogP contribution in [0.25, 0.3) is 0 Å². The van der Waals surface area contributed by atoms with E-state index >= 15 is 0 Å². The molecule has 0 bridgehead atoms. The van der Waals surface area contributed by atoms with Crippen LogP contribution in [0.4, 0.5) is 0 Å². The Hall–Kier alpha value is 1.52. The molecule has 0 aromatic rings. The van der Waals surface area contributed by atoms with Gasteiger partial charge in [0.2, 0.25) is 0 Å². The lowest BCUT2D eigenvalue weighted by Crippen LogP contribution is -1.60. The first kappa shape index (κ1) is 6.52. The van der Waals surface area contributed by atoms with Crippen LogP contribution in [-0.2, 0) is 0 Å². The van der Waals surface area contributed by atoms with Crippen LogP contribution in [0.1, 0.15) is 0 Å². The summed E-state index contributed by atoms with van der Waals surface area (Å²) in [5.41, 5.74) is 0. The van der Waals surface area contributed by atoms with Gasteiger partial charge >= 0.3 is 0 Å². The summed E-state index contributed by atoms with van der Waals surface area (Å²) in [5, 5.41) is 0. The van der Waals surface area contributed by atoms with Crippen molar-refractivity contribution in [3.8, 4) is 0 Å². The van der Waals surface area contributed by atoms with Gasteiger partial charge in [-0.1, -0.05) is 6.42 Å². The lowest BCUT2D eigenvalue weighted by molar-refractivity contribution is 1.71. The van der Waals surface area contributed by atoms with Gasteiger partial charge in [-0.2, -0.15) is 1.74 Å². The summed E-state index contributed by atoms with van der Waals surface area (Å²) in [5.74, 6) is 0. The topological polar surface area (TPSA) is 35.9 Å². The van der Waals surface area contributed by atoms with Crippen LogP contribution in [0, 0.1) is 3.56 Å². The molecule has 2 N–H and O–H groups in total. The van der Waals surface area contributed by atoms with E-state index < -0.39 is 21.3 Å². The second kappa shape index (κ2) is 5.52. The largest absolute Gasteiger partial charge is 0.264 e. The summed E-state index contributed by atoms with van der Waals surface area (Å²) in [6, 6.07) is 0. The fraction of sp³-hybridized carbons (Fsp3) is 0. The number of hydrogen-bond donors (Lipinski definition) is 2. The first-order valence-corrected chi connectivity index (χ1v) is 7.61. The number of rotatable bonds is 2. The van der Waals surface area contributed by atoms with Crippen LogP contribution in [-0.4, -0.2) is 0 Å². The Kier molecular flexibility index (Phi) is 7.20. The molecule has 0 heterocycles. The van der Waals surface area contributed by atoms with E-state index in [0.717, 1.165) is 0 Å². The van der Waals surface area contributed by atoms with Gasteiger partial charge in [0.1, 0.15) is 0 Å². The van der Waals surface area contributed by atoms with Crippen molar-refractivity contribution in [2.24, 2.45) is 0 Å². The molecule has 0 saturated carbocycles. The monoisotopic (exact) mass is 316 g/mol. The second-order valence-corrected chi connectivity index (χ2v) is 5.75. The highest BCUT2D eigenvalue weighted by atomic mass is 127. The van der Waals surface area contributed by atoms with Crippen LogP contribution < -0.4 is 1.74 Å². The highest BCUT2D eigenvalue weighted by molar-refractivity contribution is 14.2. The Labute approximate surface area is 53.0 Å². The van der Waals surface area contributed by atoms with E-state index in [-0.39, 0.29) is 20.4 Å². The maximum Gasteiger partial charge on any atom is 0.0848 e. The van der Waals surface area contributed by atoms with Gasteiger partial charge in [-0.05, 0) is 20.4 Å². The van der Waals surface area contributed by atoms with Crippen molar-refractivity contribution >= 4 is 48.1 Å². The van der Waals surface area contributed by atoms with Crippen LogP contribution in [0.5, 0.6) is 0 Å². The molecule has 0 unspecified atom stereocenters. The summed E-state index contributed by atoms with van der Waals surface area (Å²) in [4.78, 5) is 0. The Morgan fingerprint density at radius 1 is 1.80 bits per heavy atom. The Morgan fingerprint density at radius 2 is 2.40 bits per heavy atom. The fourth-order valence-corrected chi connectivity index (χ4v) is 2.41. The van der Waals surface area contributed by atoms with Crippen molar-refractivity contribution in [2.45, 2.75) is 0 Å². The van der Waals surface area contributed by atoms with E-state index in [1.54, 1.807) is 0 Å². The zero-order valence-corrected chi connectivity index (χ0v) is 7.57. The molecule has 0 amide bonds. The van der Waals surface area contributed by atoms with Gasteiger partial charge in [-0.25, -0.2) is 0 Å². The molecule has 0 aliphatic heterocycles. The normalized spacial score (nSPS) is 8.00. The first-order valence-electron chi connectivity index (χ1n) is 0.756. The van der Waals surface area contributed by atoms with E-state index in [0.29, 0.717) is 0 Å². The summed E-state index contributed by atoms with van der Waals surface area (Å²) in [7, 11) is 0. The predicted octanol–water partition coefficient (Wildman–Crippen LogP) is 2.17. The second-order valence-electron chi connectivity index (χ2n) is 0.260. The van der Waals surface area contributed by atoms with Crippen molar-refractivity contribution in [3.05, 3.63) is 0 Å². The third kappa shape index (κ3) is 5.52. The zero-order chi connectivity index (χ0) is 4.12. The highest BCUT2D eigenvalue weighted by Gasteiger charge is 1.51. The standard InChI is InChI=1S/H3I2N2P/c3-1-4-2-5/h5H,(H2,3,4). The molecule has 32 valence electrons. The zero-order valence-electron chi connectivity index (χ0n) is 2.26. The Bertz CT molecular complexity index is 36.9. The van der Waals surface area contributed by atoms with Crippen LogP contribution in [0.3, 0.4) is 0 Å². The van der Waals surface area contributed by atoms with Crippen molar-refractivity contribution in [1.29, 1.82) is 3.56 Å². The summed E-state index contributed by atoms with van der Waals surface area (Å²) in [6.07, 6.45) is 3.26. The summed E-state index contributed by atoms with van der Waals surface area (Å²) < 4.78 is 9.51. The van der Waals surface area contributed by atoms with E-state index in [1.807, 2.05) is 0 Å². The summed E-state index contributed by atoms with van der Waals surface area (Å²) >= 11 is -0.368. The van der Waals surface area contributed by atoms with Crippen molar-refractivity contribution in [1.82, 2.24) is 1.74 Å². The Balaban J connectivity index is 2.65. The van der Waals surface area contributed by atoms with E-state index in [9.17, 15) is 0 Å². The molecule has 0 aliphatic carbocycles. The van der Waals surface area contributed by atoms with Crippen molar-refractivity contribution in [2.75, 3.05) is 0 Å². The molecule has 0 aliphatic rings. The minimum absolute atomic E-state index is 0.0243. The van der Waals surface area contributed by atoms with E-state index in [1.165, 1.54) is 0 Å². The molecule has 0 aromatic heterocycles. The molecule has 0 spiro atoms. The molecule has 0 rings (SSSR count). The number of hydrogen-bond acceptors (Lipinski definition) is 1. The van der Waals surface area contributed by atoms with Gasteiger partial charge in [0.25, 0.3) is 0 Å². The highest BCUT2D eigenvalue weighted by Crippen LogP contribution is 1.99. The quantitative estimate of drug-likeness (QED) is 0.457. The van der Waals surface area contributed by atoms with Crippen LogP contribution >= 0.6 is 48.1 Å².